The van der Waals surface area contributed by atoms with Crippen molar-refractivity contribution >= 4 is 15.9 Å². The van der Waals surface area contributed by atoms with E-state index in [9.17, 15) is 18.0 Å². The van der Waals surface area contributed by atoms with Crippen LogP contribution in [0.15, 0.2) is 82.6 Å². The van der Waals surface area contributed by atoms with E-state index in [4.69, 9.17) is 0 Å². The van der Waals surface area contributed by atoms with Crippen molar-refractivity contribution in [2.75, 3.05) is 26.2 Å². The Morgan fingerprint density at radius 1 is 0.875 bits per heavy atom. The fraction of sp³-hybridized carbons (Fsp3) is 0.250. The van der Waals surface area contributed by atoms with E-state index in [1.165, 1.54) is 14.9 Å². The molecule has 32 heavy (non-hydrogen) atoms. The van der Waals surface area contributed by atoms with Crippen molar-refractivity contribution in [1.29, 1.82) is 0 Å². The Kier molecular flexibility index (Phi) is 6.25. The van der Waals surface area contributed by atoms with Crippen molar-refractivity contribution in [1.82, 2.24) is 13.8 Å². The number of amides is 1. The first-order valence-electron chi connectivity index (χ1n) is 10.5. The van der Waals surface area contributed by atoms with Crippen LogP contribution in [0.1, 0.15) is 21.5 Å². The van der Waals surface area contributed by atoms with Crippen molar-refractivity contribution in [3.63, 3.8) is 0 Å². The van der Waals surface area contributed by atoms with Crippen LogP contribution >= 0.6 is 0 Å². The van der Waals surface area contributed by atoms with Gasteiger partial charge in [-0.1, -0.05) is 48.0 Å². The highest BCUT2D eigenvalue weighted by Gasteiger charge is 2.31. The fourth-order valence-corrected chi connectivity index (χ4v) is 5.19. The zero-order chi connectivity index (χ0) is 22.7. The molecule has 1 amide bonds. The lowest BCUT2D eigenvalue weighted by molar-refractivity contribution is 0.0695. The molecule has 7 nitrogen and oxygen atoms in total. The zero-order valence-electron chi connectivity index (χ0n) is 17.8. The van der Waals surface area contributed by atoms with Crippen LogP contribution in [-0.4, -0.2) is 54.3 Å². The van der Waals surface area contributed by atoms with Crippen molar-refractivity contribution in [3.05, 3.63) is 100.0 Å². The molecule has 0 saturated carbocycles. The van der Waals surface area contributed by atoms with Gasteiger partial charge in [0.2, 0.25) is 10.0 Å². The smallest absolute Gasteiger partial charge is 0.263 e. The number of pyridine rings is 1. The highest BCUT2D eigenvalue weighted by Crippen LogP contribution is 2.18. The molecular weight excluding hydrogens is 426 g/mol. The largest absolute Gasteiger partial charge is 0.336 e. The third-order valence-electron chi connectivity index (χ3n) is 5.63. The second-order valence-corrected chi connectivity index (χ2v) is 9.79. The van der Waals surface area contributed by atoms with Crippen molar-refractivity contribution < 1.29 is 13.2 Å². The molecule has 0 N–H and O–H groups in total. The quantitative estimate of drug-likeness (QED) is 0.597. The van der Waals surface area contributed by atoms with Gasteiger partial charge in [-0.05, 0) is 36.8 Å². The molecule has 0 bridgehead atoms. The lowest BCUT2D eigenvalue weighted by Gasteiger charge is -2.34. The molecule has 0 atom stereocenters. The maximum atomic E-state index is 13.0. The van der Waals surface area contributed by atoms with Crippen LogP contribution in [0.5, 0.6) is 0 Å². The Hall–Kier alpha value is -3.23. The average Bonchev–Trinajstić information content (AvgIpc) is 2.81. The molecule has 0 aliphatic carbocycles. The van der Waals surface area contributed by atoms with Crippen LogP contribution in [0, 0.1) is 6.92 Å². The summed E-state index contributed by atoms with van der Waals surface area (Å²) in [5.74, 6) is -0.371. The summed E-state index contributed by atoms with van der Waals surface area (Å²) in [4.78, 5) is 27.7. The number of carbonyl (C=O) groups excluding carboxylic acids is 1. The van der Waals surface area contributed by atoms with Crippen LogP contribution in [-0.2, 0) is 16.6 Å². The Bertz CT molecular complexity index is 1260. The van der Waals surface area contributed by atoms with E-state index in [2.05, 4.69) is 0 Å². The van der Waals surface area contributed by atoms with Gasteiger partial charge >= 0.3 is 0 Å². The van der Waals surface area contributed by atoms with Crippen molar-refractivity contribution in [3.8, 4) is 0 Å². The minimum Gasteiger partial charge on any atom is -0.336 e. The first-order chi connectivity index (χ1) is 15.4. The van der Waals surface area contributed by atoms with E-state index < -0.39 is 10.0 Å². The number of rotatable bonds is 5. The van der Waals surface area contributed by atoms with Crippen LogP contribution in [0.3, 0.4) is 0 Å². The minimum atomic E-state index is -3.61. The zero-order valence-corrected chi connectivity index (χ0v) is 18.7. The van der Waals surface area contributed by atoms with Gasteiger partial charge in [0.05, 0.1) is 11.4 Å². The monoisotopic (exact) mass is 451 g/mol. The van der Waals surface area contributed by atoms with Gasteiger partial charge in [0.25, 0.3) is 11.5 Å². The van der Waals surface area contributed by atoms with Gasteiger partial charge in [0.15, 0.2) is 0 Å². The molecule has 1 aliphatic heterocycles. The normalized spacial score (nSPS) is 15.0. The van der Waals surface area contributed by atoms with E-state index in [0.717, 1.165) is 11.1 Å². The number of aryl methyl sites for hydroxylation is 1. The number of aromatic nitrogens is 1. The van der Waals surface area contributed by atoms with Crippen LogP contribution in [0.25, 0.3) is 0 Å². The molecular formula is C24H25N3O4S. The van der Waals surface area contributed by atoms with Crippen LogP contribution in [0.2, 0.25) is 0 Å². The van der Waals surface area contributed by atoms with E-state index in [1.807, 2.05) is 37.3 Å². The summed E-state index contributed by atoms with van der Waals surface area (Å²) in [5.41, 5.74) is 1.70. The highest BCUT2D eigenvalue weighted by atomic mass is 32.2. The van der Waals surface area contributed by atoms with Gasteiger partial charge in [-0.3, -0.25) is 9.59 Å². The first-order valence-corrected chi connectivity index (χ1v) is 11.9. The average molecular weight is 452 g/mol. The summed E-state index contributed by atoms with van der Waals surface area (Å²) < 4.78 is 28.7. The molecule has 1 aromatic heterocycles. The SMILES string of the molecule is Cc1ccc(S(=O)(=O)N2CCN(C(=O)c3cccn(Cc4ccccc4)c3=O)CC2)cc1. The number of hydrogen-bond acceptors (Lipinski definition) is 4. The molecule has 0 unspecified atom stereocenters. The lowest BCUT2D eigenvalue weighted by Crippen LogP contribution is -2.51. The Morgan fingerprint density at radius 3 is 2.19 bits per heavy atom. The summed E-state index contributed by atoms with van der Waals surface area (Å²) in [5, 5.41) is 0. The predicted molar refractivity (Wildman–Crippen MR) is 122 cm³/mol. The standard InChI is InChI=1S/C24H25N3O4S/c1-19-9-11-21(12-10-19)32(30,31)27-16-14-25(15-17-27)23(28)22-8-5-13-26(24(22)29)18-20-6-3-2-4-7-20/h2-13H,14-18H2,1H3. The van der Waals surface area contributed by atoms with Crippen LogP contribution < -0.4 is 5.56 Å². The third kappa shape index (κ3) is 4.51. The molecule has 1 aliphatic rings. The van der Waals surface area contributed by atoms with Crippen LogP contribution in [0.4, 0.5) is 0 Å². The van der Waals surface area contributed by atoms with Gasteiger partial charge < -0.3 is 9.47 Å². The molecule has 0 radical (unpaired) electrons. The number of sulfonamides is 1. The summed E-state index contributed by atoms with van der Waals surface area (Å²) in [6, 6.07) is 19.5. The van der Waals surface area contributed by atoms with Gasteiger partial charge in [0.1, 0.15) is 5.56 Å². The minimum absolute atomic E-state index is 0.0956. The van der Waals surface area contributed by atoms with Crippen molar-refractivity contribution in [2.45, 2.75) is 18.4 Å². The van der Waals surface area contributed by atoms with E-state index in [0.29, 0.717) is 6.54 Å². The number of benzene rings is 2. The highest BCUT2D eigenvalue weighted by molar-refractivity contribution is 7.89. The van der Waals surface area contributed by atoms with Gasteiger partial charge in [-0.2, -0.15) is 4.31 Å². The number of piperazine rings is 1. The van der Waals surface area contributed by atoms with Gasteiger partial charge in [-0.15, -0.1) is 0 Å². The second-order valence-electron chi connectivity index (χ2n) is 7.85. The fourth-order valence-electron chi connectivity index (χ4n) is 3.77. The maximum Gasteiger partial charge on any atom is 0.263 e. The Morgan fingerprint density at radius 2 is 1.53 bits per heavy atom. The van der Waals surface area contributed by atoms with E-state index >= 15 is 0 Å². The molecule has 166 valence electrons. The molecule has 0 spiro atoms. The second kappa shape index (κ2) is 9.10. The third-order valence-corrected chi connectivity index (χ3v) is 7.54. The summed E-state index contributed by atoms with van der Waals surface area (Å²) in [6.45, 7) is 3.12. The van der Waals surface area contributed by atoms with Crippen molar-refractivity contribution in [2.24, 2.45) is 0 Å². The molecule has 2 heterocycles. The topological polar surface area (TPSA) is 79.7 Å². The predicted octanol–water partition coefficient (Wildman–Crippen LogP) is 2.35. The summed E-state index contributed by atoms with van der Waals surface area (Å²) >= 11 is 0. The van der Waals surface area contributed by atoms with E-state index in [-0.39, 0.29) is 48.1 Å². The van der Waals surface area contributed by atoms with E-state index in [1.54, 1.807) is 41.4 Å². The van der Waals surface area contributed by atoms with Gasteiger partial charge in [0, 0.05) is 32.4 Å². The molecule has 4 rings (SSSR count). The van der Waals surface area contributed by atoms with Gasteiger partial charge in [-0.25, -0.2) is 8.42 Å². The number of hydrogen-bond donors (Lipinski definition) is 0. The number of nitrogens with zero attached hydrogens (tertiary/aromatic N) is 3. The molecule has 1 fully saturated rings. The molecule has 1 saturated heterocycles. The summed E-state index contributed by atoms with van der Waals surface area (Å²) in [7, 11) is -3.61. The Balaban J connectivity index is 1.46. The maximum absolute atomic E-state index is 13.0. The summed E-state index contributed by atoms with van der Waals surface area (Å²) in [6.07, 6.45) is 1.66. The Labute approximate surface area is 187 Å². The molecule has 2 aromatic carbocycles. The lowest BCUT2D eigenvalue weighted by atomic mass is 10.2. The number of carbonyl (C=O) groups is 1. The first kappa shape index (κ1) is 22.0. The molecule has 8 heteroatoms. The molecule has 3 aromatic rings.